The first-order chi connectivity index (χ1) is 8.72. The van der Waals surface area contributed by atoms with Gasteiger partial charge in [0.25, 0.3) is 0 Å². The van der Waals surface area contributed by atoms with Crippen LogP contribution in [0.2, 0.25) is 0 Å². The average Bonchev–Trinajstić information content (AvgIpc) is 2.40. The fourth-order valence-corrected chi connectivity index (χ4v) is 1.85. The zero-order valence-electron chi connectivity index (χ0n) is 10.1. The predicted octanol–water partition coefficient (Wildman–Crippen LogP) is -0.0430. The van der Waals surface area contributed by atoms with Crippen LogP contribution in [0, 0.1) is 5.82 Å². The van der Waals surface area contributed by atoms with Crippen LogP contribution in [0.1, 0.15) is 6.92 Å². The summed E-state index contributed by atoms with van der Waals surface area (Å²) < 4.78 is 17.8. The summed E-state index contributed by atoms with van der Waals surface area (Å²) in [5.41, 5.74) is 0. The highest BCUT2D eigenvalue weighted by Gasteiger charge is 2.31. The lowest BCUT2D eigenvalue weighted by molar-refractivity contribution is -0.144. The number of hydrogen-bond acceptors (Lipinski definition) is 6. The summed E-state index contributed by atoms with van der Waals surface area (Å²) in [5.74, 6) is -0.477. The number of carbonyl (C=O) groups is 1. The summed E-state index contributed by atoms with van der Waals surface area (Å²) in [6, 6.07) is -0.468. The van der Waals surface area contributed by atoms with E-state index in [1.807, 2.05) is 0 Å². The topological polar surface area (TPSA) is 67.3 Å². The van der Waals surface area contributed by atoms with Gasteiger partial charge in [-0.2, -0.15) is 0 Å². The van der Waals surface area contributed by atoms with Crippen LogP contribution in [-0.2, 0) is 9.53 Å². The van der Waals surface area contributed by atoms with Gasteiger partial charge in [-0.15, -0.1) is 0 Å². The van der Waals surface area contributed by atoms with E-state index < -0.39 is 11.9 Å². The molecule has 1 aliphatic rings. The lowest BCUT2D eigenvalue weighted by atomic mass is 10.2. The largest absolute Gasteiger partial charge is 0.464 e. The van der Waals surface area contributed by atoms with E-state index in [4.69, 9.17) is 4.74 Å². The molecule has 1 aromatic heterocycles. The van der Waals surface area contributed by atoms with E-state index in [1.165, 1.54) is 0 Å². The third-order valence-electron chi connectivity index (χ3n) is 2.67. The lowest BCUT2D eigenvalue weighted by Gasteiger charge is -2.34. The quantitative estimate of drug-likeness (QED) is 0.763. The van der Waals surface area contributed by atoms with Crippen molar-refractivity contribution < 1.29 is 13.9 Å². The molecule has 1 N–H and O–H groups in total. The van der Waals surface area contributed by atoms with E-state index in [2.05, 4.69) is 15.3 Å². The highest BCUT2D eigenvalue weighted by atomic mass is 19.1. The average molecular weight is 254 g/mol. The molecule has 1 saturated heterocycles. The SMILES string of the molecule is CCOC(=O)C1CNCCN1c1ncc(F)cn1. The molecule has 1 unspecified atom stereocenters. The van der Waals surface area contributed by atoms with E-state index in [9.17, 15) is 9.18 Å². The Bertz CT molecular complexity index is 412. The molecule has 1 fully saturated rings. The maximum absolute atomic E-state index is 12.8. The van der Waals surface area contributed by atoms with Crippen molar-refractivity contribution in [3.05, 3.63) is 18.2 Å². The Morgan fingerprint density at radius 1 is 1.61 bits per heavy atom. The Morgan fingerprint density at radius 2 is 2.33 bits per heavy atom. The molecule has 0 aromatic carbocycles. The second-order valence-electron chi connectivity index (χ2n) is 3.87. The van der Waals surface area contributed by atoms with Crippen molar-refractivity contribution in [2.24, 2.45) is 0 Å². The molecule has 0 saturated carbocycles. The minimum atomic E-state index is -0.499. The number of nitrogens with one attached hydrogen (secondary N) is 1. The number of ether oxygens (including phenoxy) is 1. The van der Waals surface area contributed by atoms with Gasteiger partial charge in [0.05, 0.1) is 19.0 Å². The molecule has 0 aliphatic carbocycles. The van der Waals surface area contributed by atoms with Crippen molar-refractivity contribution in [2.75, 3.05) is 31.1 Å². The maximum atomic E-state index is 12.8. The monoisotopic (exact) mass is 254 g/mol. The van der Waals surface area contributed by atoms with E-state index in [0.717, 1.165) is 18.9 Å². The van der Waals surface area contributed by atoms with Crippen molar-refractivity contribution in [3.63, 3.8) is 0 Å². The normalized spacial score (nSPS) is 19.7. The van der Waals surface area contributed by atoms with Crippen LogP contribution < -0.4 is 10.2 Å². The molecule has 98 valence electrons. The molecule has 0 bridgehead atoms. The van der Waals surface area contributed by atoms with Gasteiger partial charge in [0.1, 0.15) is 6.04 Å². The first-order valence-electron chi connectivity index (χ1n) is 5.84. The first kappa shape index (κ1) is 12.7. The van der Waals surface area contributed by atoms with Crippen LogP contribution in [0.4, 0.5) is 10.3 Å². The van der Waals surface area contributed by atoms with Gasteiger partial charge >= 0.3 is 5.97 Å². The highest BCUT2D eigenvalue weighted by Crippen LogP contribution is 2.13. The number of piperazine rings is 1. The Hall–Kier alpha value is -1.76. The Balaban J connectivity index is 2.17. The molecule has 0 radical (unpaired) electrons. The smallest absolute Gasteiger partial charge is 0.330 e. The van der Waals surface area contributed by atoms with Gasteiger partial charge in [0.2, 0.25) is 5.95 Å². The Kier molecular flexibility index (Phi) is 4.03. The molecule has 0 amide bonds. The van der Waals surface area contributed by atoms with Crippen LogP contribution in [0.3, 0.4) is 0 Å². The lowest BCUT2D eigenvalue weighted by Crippen LogP contribution is -2.56. The number of rotatable bonds is 3. The van der Waals surface area contributed by atoms with Gasteiger partial charge in [0.15, 0.2) is 5.82 Å². The second-order valence-corrected chi connectivity index (χ2v) is 3.87. The zero-order chi connectivity index (χ0) is 13.0. The van der Waals surface area contributed by atoms with Crippen molar-refractivity contribution in [3.8, 4) is 0 Å². The Morgan fingerprint density at radius 3 is 3.00 bits per heavy atom. The fourth-order valence-electron chi connectivity index (χ4n) is 1.85. The molecule has 18 heavy (non-hydrogen) atoms. The molecule has 1 atom stereocenters. The summed E-state index contributed by atoms with van der Waals surface area (Å²) in [6.07, 6.45) is 2.18. The van der Waals surface area contributed by atoms with Gasteiger partial charge in [0, 0.05) is 19.6 Å². The number of hydrogen-bond donors (Lipinski definition) is 1. The molecule has 7 heteroatoms. The number of aromatic nitrogens is 2. The van der Waals surface area contributed by atoms with Crippen LogP contribution in [0.15, 0.2) is 12.4 Å². The van der Waals surface area contributed by atoms with Crippen molar-refractivity contribution in [1.82, 2.24) is 15.3 Å². The standard InChI is InChI=1S/C11H15FN4O2/c1-2-18-10(17)9-7-13-3-4-16(9)11-14-5-8(12)6-15-11/h5-6,9,13H,2-4,7H2,1H3. The summed E-state index contributed by atoms with van der Waals surface area (Å²) in [5, 5.41) is 3.11. The second kappa shape index (κ2) is 5.72. The highest BCUT2D eigenvalue weighted by molar-refractivity contribution is 5.80. The zero-order valence-corrected chi connectivity index (χ0v) is 10.1. The minimum absolute atomic E-state index is 0.322. The van der Waals surface area contributed by atoms with Gasteiger partial charge in [-0.1, -0.05) is 0 Å². The van der Waals surface area contributed by atoms with E-state index >= 15 is 0 Å². The molecule has 6 nitrogen and oxygen atoms in total. The van der Waals surface area contributed by atoms with Crippen molar-refractivity contribution >= 4 is 11.9 Å². The molecule has 2 heterocycles. The van der Waals surface area contributed by atoms with Crippen molar-refractivity contribution in [1.29, 1.82) is 0 Å². The van der Waals surface area contributed by atoms with Gasteiger partial charge in [-0.3, -0.25) is 0 Å². The number of esters is 1. The maximum Gasteiger partial charge on any atom is 0.330 e. The van der Waals surface area contributed by atoms with E-state index in [0.29, 0.717) is 25.6 Å². The first-order valence-corrected chi connectivity index (χ1v) is 5.84. The molecular weight excluding hydrogens is 239 g/mol. The molecule has 0 spiro atoms. The number of anilines is 1. The molecular formula is C11H15FN4O2. The van der Waals surface area contributed by atoms with Crippen LogP contribution in [0.25, 0.3) is 0 Å². The number of carbonyl (C=O) groups excluding carboxylic acids is 1. The van der Waals surface area contributed by atoms with Gasteiger partial charge < -0.3 is 15.0 Å². The Labute approximate surface area is 104 Å². The molecule has 1 aliphatic heterocycles. The van der Waals surface area contributed by atoms with Gasteiger partial charge in [-0.25, -0.2) is 19.2 Å². The van der Waals surface area contributed by atoms with Gasteiger partial charge in [-0.05, 0) is 6.92 Å². The molecule has 1 aromatic rings. The third-order valence-corrected chi connectivity index (χ3v) is 2.67. The van der Waals surface area contributed by atoms with Crippen molar-refractivity contribution in [2.45, 2.75) is 13.0 Å². The summed E-state index contributed by atoms with van der Waals surface area (Å²) in [4.78, 5) is 21.3. The van der Waals surface area contributed by atoms with Crippen LogP contribution in [-0.4, -0.2) is 48.2 Å². The fraction of sp³-hybridized carbons (Fsp3) is 0.545. The molecule has 2 rings (SSSR count). The summed E-state index contributed by atoms with van der Waals surface area (Å²) >= 11 is 0. The van der Waals surface area contributed by atoms with Crippen LogP contribution >= 0.6 is 0 Å². The minimum Gasteiger partial charge on any atom is -0.464 e. The third kappa shape index (κ3) is 2.73. The predicted molar refractivity (Wildman–Crippen MR) is 62.6 cm³/mol. The number of halogens is 1. The summed E-state index contributed by atoms with van der Waals surface area (Å²) in [6.45, 7) is 3.85. The van der Waals surface area contributed by atoms with E-state index in [1.54, 1.807) is 11.8 Å². The van der Waals surface area contributed by atoms with E-state index in [-0.39, 0.29) is 5.97 Å². The summed E-state index contributed by atoms with van der Waals surface area (Å²) in [7, 11) is 0. The number of nitrogens with zero attached hydrogens (tertiary/aromatic N) is 3. The van der Waals surface area contributed by atoms with Crippen LogP contribution in [0.5, 0.6) is 0 Å².